The van der Waals surface area contributed by atoms with Crippen LogP contribution >= 0.6 is 11.8 Å². The number of likely N-dealkylation sites (tertiary alicyclic amines) is 1. The quantitative estimate of drug-likeness (QED) is 0.187. The molecule has 4 saturated heterocycles. The first-order valence-corrected chi connectivity index (χ1v) is 14.1. The molecule has 39 heavy (non-hydrogen) atoms. The maximum absolute atomic E-state index is 13.2. The van der Waals surface area contributed by atoms with Crippen molar-refractivity contribution in [3.63, 3.8) is 0 Å². The fourth-order valence-electron chi connectivity index (χ4n) is 6.56. The Bertz CT molecular complexity index is 1110. The molecule has 0 radical (unpaired) electrons. The lowest BCUT2D eigenvalue weighted by atomic mass is 9.78. The molecule has 5 heterocycles. The van der Waals surface area contributed by atoms with E-state index >= 15 is 0 Å². The van der Waals surface area contributed by atoms with E-state index in [2.05, 4.69) is 26.2 Å². The van der Waals surface area contributed by atoms with Crippen molar-refractivity contribution in [1.82, 2.24) is 40.6 Å². The minimum absolute atomic E-state index is 0.00108. The van der Waals surface area contributed by atoms with Gasteiger partial charge in [0.1, 0.15) is 18.9 Å². The zero-order chi connectivity index (χ0) is 28.0. The molecule has 6 N–H and O–H groups in total. The smallest absolute Gasteiger partial charge is 0.327 e. The number of aromatic nitrogens is 4. The van der Waals surface area contributed by atoms with Crippen molar-refractivity contribution in [1.29, 1.82) is 0 Å². The highest BCUT2D eigenvalue weighted by atomic mass is 32.2. The van der Waals surface area contributed by atoms with Crippen LogP contribution in [0, 0.1) is 17.8 Å². The topological polar surface area (TPSA) is 209 Å². The molecule has 0 aliphatic carbocycles. The molecule has 5 unspecified atom stereocenters. The summed E-state index contributed by atoms with van der Waals surface area (Å²) in [7, 11) is 0. The number of carboxylic acids is 1. The van der Waals surface area contributed by atoms with Crippen LogP contribution in [0.3, 0.4) is 0 Å². The molecule has 4 fully saturated rings. The van der Waals surface area contributed by atoms with Gasteiger partial charge in [0.15, 0.2) is 0 Å². The number of amides is 3. The van der Waals surface area contributed by atoms with Gasteiger partial charge in [-0.25, -0.2) is 9.48 Å². The highest BCUT2D eigenvalue weighted by Gasteiger charge is 2.65. The number of carboxylic acid groups (broad SMARTS) is 1. The zero-order valence-electron chi connectivity index (χ0n) is 21.8. The number of β-lactam (4-membered cyclic amide) rings is 1. The average Bonchev–Trinajstić information content (AvgIpc) is 3.67. The number of nitrogens with zero attached hydrogens (tertiary/aromatic N) is 6. The van der Waals surface area contributed by atoms with E-state index < -0.39 is 30.0 Å². The Balaban J connectivity index is 1.20. The fourth-order valence-corrected chi connectivity index (χ4v) is 8.31. The van der Waals surface area contributed by atoms with Gasteiger partial charge in [-0.1, -0.05) is 6.92 Å². The van der Waals surface area contributed by atoms with E-state index in [-0.39, 0.29) is 65.3 Å². The number of aliphatic carboxylic acids is 1. The zero-order valence-corrected chi connectivity index (χ0v) is 22.6. The van der Waals surface area contributed by atoms with Crippen molar-refractivity contribution in [2.75, 3.05) is 26.2 Å². The maximum Gasteiger partial charge on any atom is 0.327 e. The van der Waals surface area contributed by atoms with E-state index in [0.717, 1.165) is 0 Å². The number of nitrogens with two attached hydrogens (primary N) is 1. The van der Waals surface area contributed by atoms with Gasteiger partial charge in [0.05, 0.1) is 12.0 Å². The first-order chi connectivity index (χ1) is 18.6. The lowest BCUT2D eigenvalue weighted by Gasteiger charge is -2.48. The number of thioether (sulfide) groups is 1. The molecule has 4 aliphatic heterocycles. The lowest BCUT2D eigenvalue weighted by molar-refractivity contribution is -0.166. The summed E-state index contributed by atoms with van der Waals surface area (Å²) in [5.74, 6) is -2.51. The monoisotopic (exact) mass is 565 g/mol. The van der Waals surface area contributed by atoms with Gasteiger partial charge in [-0.3, -0.25) is 14.4 Å². The molecule has 4 aliphatic rings. The van der Waals surface area contributed by atoms with Crippen molar-refractivity contribution in [3.05, 3.63) is 6.33 Å². The van der Waals surface area contributed by atoms with Gasteiger partial charge < -0.3 is 36.4 Å². The standard InChI is InChI=1S/C23H35N9O6S/c1-10-18-17(11(2)27-16(34)7-31-9-26-28-29-31)22(36)32(18)19(23(37)38)20(10)39-13-3-15(25-4-13)21(35)30-5-12(8-33)14(24)6-30/h9-15,17-20,25,33H,3-8,24H2,1-2H3,(H,27,34)(H,37,38)/t10-,11?,12-,13?,14?,15?,17+,18+,19?,20+/m0/s1. The SMILES string of the molecule is CC(NC(=O)Cn1cnnn1)[C@H]1C(=O)N2C(C(=O)O)[C@H](SC3CNC(C(=O)N4CC(N)[C@H](CO)C4)C3)[C@@H](C)[C@H]12. The number of nitrogens with one attached hydrogen (secondary N) is 2. The van der Waals surface area contributed by atoms with Gasteiger partial charge in [-0.2, -0.15) is 11.8 Å². The van der Waals surface area contributed by atoms with Crippen molar-refractivity contribution >= 4 is 35.5 Å². The van der Waals surface area contributed by atoms with E-state index in [0.29, 0.717) is 26.1 Å². The van der Waals surface area contributed by atoms with E-state index in [1.54, 1.807) is 11.8 Å². The number of carbonyl (C=O) groups excluding carboxylic acids is 3. The number of hydrogen-bond donors (Lipinski definition) is 5. The Labute approximate surface area is 229 Å². The molecule has 3 amide bonds. The molecule has 214 valence electrons. The van der Waals surface area contributed by atoms with Crippen LogP contribution in [-0.2, 0) is 25.7 Å². The second kappa shape index (κ2) is 11.0. The predicted octanol–water partition coefficient (Wildman–Crippen LogP) is -3.28. The second-order valence-corrected chi connectivity index (χ2v) is 12.5. The Hall–Kier alpha value is -2.82. The van der Waals surface area contributed by atoms with Crippen LogP contribution in [0.4, 0.5) is 0 Å². The van der Waals surface area contributed by atoms with Crippen LogP contribution < -0.4 is 16.4 Å². The molecular formula is C23H35N9O6S. The van der Waals surface area contributed by atoms with Crippen LogP contribution in [0.25, 0.3) is 0 Å². The summed E-state index contributed by atoms with van der Waals surface area (Å²) in [4.78, 5) is 54.2. The van der Waals surface area contributed by atoms with E-state index in [9.17, 15) is 29.4 Å². The molecule has 0 bridgehead atoms. The largest absolute Gasteiger partial charge is 0.480 e. The third-order valence-electron chi connectivity index (χ3n) is 8.55. The Kier molecular flexibility index (Phi) is 7.81. The summed E-state index contributed by atoms with van der Waals surface area (Å²) < 4.78 is 1.28. The van der Waals surface area contributed by atoms with Gasteiger partial charge in [-0.05, 0) is 29.7 Å². The summed E-state index contributed by atoms with van der Waals surface area (Å²) in [5.41, 5.74) is 6.05. The number of aliphatic hydroxyl groups is 1. The summed E-state index contributed by atoms with van der Waals surface area (Å²) in [6.07, 6.45) is 1.86. The van der Waals surface area contributed by atoms with Gasteiger partial charge in [0.2, 0.25) is 17.7 Å². The number of fused-ring (bicyclic) bond motifs is 1. The number of aliphatic hydroxyl groups excluding tert-OH is 1. The molecule has 5 rings (SSSR count). The molecule has 10 atom stereocenters. The number of hydrogen-bond acceptors (Lipinski definition) is 11. The highest BCUT2D eigenvalue weighted by molar-refractivity contribution is 8.00. The van der Waals surface area contributed by atoms with Gasteiger partial charge >= 0.3 is 5.97 Å². The number of carbonyl (C=O) groups is 4. The van der Waals surface area contributed by atoms with Gasteiger partial charge in [-0.15, -0.1) is 5.10 Å². The number of tetrazole rings is 1. The minimum atomic E-state index is -1.05. The van der Waals surface area contributed by atoms with Crippen molar-refractivity contribution in [2.24, 2.45) is 23.5 Å². The number of rotatable bonds is 9. The lowest BCUT2D eigenvalue weighted by Crippen LogP contribution is -2.68. The van der Waals surface area contributed by atoms with Crippen LogP contribution in [-0.4, -0.2) is 131 Å². The van der Waals surface area contributed by atoms with Crippen molar-refractivity contribution < 1.29 is 29.4 Å². The Morgan fingerprint density at radius 1 is 1.33 bits per heavy atom. The van der Waals surface area contributed by atoms with Crippen molar-refractivity contribution in [3.8, 4) is 0 Å². The normalized spacial score (nSPS) is 36.5. The summed E-state index contributed by atoms with van der Waals surface area (Å²) >= 11 is 1.52. The molecule has 0 saturated carbocycles. The van der Waals surface area contributed by atoms with Crippen LogP contribution in [0.5, 0.6) is 0 Å². The van der Waals surface area contributed by atoms with E-state index in [1.165, 1.54) is 27.7 Å². The van der Waals surface area contributed by atoms with Gasteiger partial charge in [0.25, 0.3) is 0 Å². The van der Waals surface area contributed by atoms with E-state index in [4.69, 9.17) is 5.73 Å². The first-order valence-electron chi connectivity index (χ1n) is 13.2. The van der Waals surface area contributed by atoms with Crippen LogP contribution in [0.1, 0.15) is 20.3 Å². The van der Waals surface area contributed by atoms with Crippen LogP contribution in [0.15, 0.2) is 6.33 Å². The first kappa shape index (κ1) is 27.7. The van der Waals surface area contributed by atoms with Gasteiger partial charge in [0, 0.05) is 60.8 Å². The molecule has 1 aromatic rings. The third-order valence-corrected chi connectivity index (χ3v) is 10.3. The maximum atomic E-state index is 13.2. The molecule has 15 nitrogen and oxygen atoms in total. The highest BCUT2D eigenvalue weighted by Crippen LogP contribution is 2.50. The molecule has 0 spiro atoms. The van der Waals surface area contributed by atoms with Crippen molar-refractivity contribution in [2.45, 2.75) is 67.5 Å². The molecule has 16 heteroatoms. The third kappa shape index (κ3) is 5.10. The van der Waals surface area contributed by atoms with Crippen LogP contribution in [0.2, 0.25) is 0 Å². The minimum Gasteiger partial charge on any atom is -0.480 e. The Morgan fingerprint density at radius 2 is 2.10 bits per heavy atom. The Morgan fingerprint density at radius 3 is 2.74 bits per heavy atom. The second-order valence-electron chi connectivity index (χ2n) is 11.0. The summed E-state index contributed by atoms with van der Waals surface area (Å²) in [6, 6.07) is -2.42. The fraction of sp³-hybridized carbons (Fsp3) is 0.783. The summed E-state index contributed by atoms with van der Waals surface area (Å²) in [5, 5.41) is 36.0. The summed E-state index contributed by atoms with van der Waals surface area (Å²) in [6.45, 7) is 4.95. The molecule has 0 aromatic carbocycles. The molecule has 1 aromatic heterocycles. The molecular weight excluding hydrogens is 530 g/mol. The van der Waals surface area contributed by atoms with E-state index in [1.807, 2.05) is 6.92 Å². The predicted molar refractivity (Wildman–Crippen MR) is 137 cm³/mol. The average molecular weight is 566 g/mol.